The van der Waals surface area contributed by atoms with Gasteiger partial charge in [-0.15, -0.1) is 0 Å². The summed E-state index contributed by atoms with van der Waals surface area (Å²) in [5.74, 6) is 1.49. The van der Waals surface area contributed by atoms with E-state index in [2.05, 4.69) is 0 Å². The molecule has 1 heterocycles. The molecule has 0 fully saturated rings. The Morgan fingerprint density at radius 1 is 1.21 bits per heavy atom. The van der Waals surface area contributed by atoms with Crippen LogP contribution in [-0.2, 0) is 4.79 Å². The van der Waals surface area contributed by atoms with Gasteiger partial charge in [0.25, 0.3) is 5.91 Å². The minimum atomic E-state index is -0.488. The minimum Gasteiger partial charge on any atom is -0.492 e. The zero-order valence-corrected chi connectivity index (χ0v) is 13.9. The minimum absolute atomic E-state index is 0.0558. The zero-order valence-electron chi connectivity index (χ0n) is 13.9. The van der Waals surface area contributed by atoms with Crippen LogP contribution in [0.1, 0.15) is 13.8 Å². The summed E-state index contributed by atoms with van der Waals surface area (Å²) in [5, 5.41) is 0. The highest BCUT2D eigenvalue weighted by Crippen LogP contribution is 2.37. The van der Waals surface area contributed by atoms with Crippen molar-refractivity contribution in [3.8, 4) is 11.5 Å². The molecule has 0 aliphatic carbocycles. The van der Waals surface area contributed by atoms with Gasteiger partial charge in [-0.05, 0) is 36.2 Å². The molecule has 1 aliphatic heterocycles. The van der Waals surface area contributed by atoms with E-state index in [1.54, 1.807) is 17.0 Å². The van der Waals surface area contributed by atoms with Crippen LogP contribution < -0.4 is 20.1 Å². The number of carbonyl (C=O) groups is 1. The number of carbonyl (C=O) groups excluding carboxylic acids is 1. The predicted octanol–water partition coefficient (Wildman–Crippen LogP) is 3.10. The van der Waals surface area contributed by atoms with Gasteiger partial charge >= 0.3 is 0 Å². The Morgan fingerprint density at radius 2 is 1.96 bits per heavy atom. The molecule has 0 radical (unpaired) electrons. The van der Waals surface area contributed by atoms with Crippen LogP contribution in [-0.4, -0.2) is 25.2 Å². The Kier molecular flexibility index (Phi) is 4.60. The van der Waals surface area contributed by atoms with Crippen LogP contribution in [0.25, 0.3) is 0 Å². The van der Waals surface area contributed by atoms with Gasteiger partial charge in [-0.3, -0.25) is 4.79 Å². The standard InChI is InChI=1S/C19H22N2O3/c1-13(2)18-19(22)21(10-11-23-15-6-4-3-5-7-15)16-12-14(20)8-9-17(16)24-18/h3-9,12-13,18H,10-11,20H2,1-2H3. The maximum absolute atomic E-state index is 12.8. The summed E-state index contributed by atoms with van der Waals surface area (Å²) >= 11 is 0. The highest BCUT2D eigenvalue weighted by molar-refractivity contribution is 6.00. The highest BCUT2D eigenvalue weighted by Gasteiger charge is 2.36. The Hall–Kier alpha value is -2.69. The molecule has 5 nitrogen and oxygen atoms in total. The van der Waals surface area contributed by atoms with Gasteiger partial charge in [0, 0.05) is 5.69 Å². The Bertz CT molecular complexity index is 716. The third kappa shape index (κ3) is 3.30. The summed E-state index contributed by atoms with van der Waals surface area (Å²) in [6.45, 7) is 4.79. The van der Waals surface area contributed by atoms with Crippen LogP contribution in [0.15, 0.2) is 48.5 Å². The van der Waals surface area contributed by atoms with Crippen molar-refractivity contribution in [2.75, 3.05) is 23.8 Å². The molecule has 0 saturated carbocycles. The highest BCUT2D eigenvalue weighted by atomic mass is 16.5. The van der Waals surface area contributed by atoms with Crippen LogP contribution in [0.4, 0.5) is 11.4 Å². The first-order valence-electron chi connectivity index (χ1n) is 8.11. The lowest BCUT2D eigenvalue weighted by Crippen LogP contribution is -2.49. The van der Waals surface area contributed by atoms with Gasteiger partial charge in [0.1, 0.15) is 18.1 Å². The number of nitrogens with two attached hydrogens (primary N) is 1. The number of fused-ring (bicyclic) bond motifs is 1. The van der Waals surface area contributed by atoms with Gasteiger partial charge in [-0.25, -0.2) is 0 Å². The van der Waals surface area contributed by atoms with Gasteiger partial charge in [-0.2, -0.15) is 0 Å². The van der Waals surface area contributed by atoms with Crippen molar-refractivity contribution in [1.29, 1.82) is 0 Å². The molecule has 0 spiro atoms. The van der Waals surface area contributed by atoms with Gasteiger partial charge in [0.15, 0.2) is 6.10 Å². The number of rotatable bonds is 5. The maximum Gasteiger partial charge on any atom is 0.268 e. The second kappa shape index (κ2) is 6.83. The van der Waals surface area contributed by atoms with E-state index in [-0.39, 0.29) is 11.8 Å². The van der Waals surface area contributed by atoms with Crippen molar-refractivity contribution in [1.82, 2.24) is 0 Å². The summed E-state index contributed by atoms with van der Waals surface area (Å²) in [6, 6.07) is 14.9. The van der Waals surface area contributed by atoms with Crippen LogP contribution >= 0.6 is 0 Å². The molecule has 1 unspecified atom stereocenters. The fourth-order valence-corrected chi connectivity index (χ4v) is 2.73. The van der Waals surface area contributed by atoms with Crippen molar-refractivity contribution < 1.29 is 14.3 Å². The SMILES string of the molecule is CC(C)C1Oc2ccc(N)cc2N(CCOc2ccccc2)C1=O. The molecule has 1 aliphatic rings. The number of para-hydroxylation sites is 1. The number of benzene rings is 2. The topological polar surface area (TPSA) is 64.8 Å². The second-order valence-electron chi connectivity index (χ2n) is 6.16. The van der Waals surface area contributed by atoms with Crippen molar-refractivity contribution in [2.45, 2.75) is 20.0 Å². The lowest BCUT2D eigenvalue weighted by molar-refractivity contribution is -0.128. The van der Waals surface area contributed by atoms with Gasteiger partial charge in [-0.1, -0.05) is 32.0 Å². The van der Waals surface area contributed by atoms with Crippen LogP contribution in [0, 0.1) is 5.92 Å². The number of ether oxygens (including phenoxy) is 2. The van der Waals surface area contributed by atoms with E-state index >= 15 is 0 Å². The summed E-state index contributed by atoms with van der Waals surface area (Å²) in [6.07, 6.45) is -0.488. The lowest BCUT2D eigenvalue weighted by atomic mass is 10.0. The predicted molar refractivity (Wildman–Crippen MR) is 94.4 cm³/mol. The molecule has 5 heteroatoms. The summed E-state index contributed by atoms with van der Waals surface area (Å²) in [4.78, 5) is 14.5. The lowest BCUT2D eigenvalue weighted by Gasteiger charge is -2.36. The molecule has 0 bridgehead atoms. The summed E-state index contributed by atoms with van der Waals surface area (Å²) in [5.41, 5.74) is 7.18. The molecule has 2 aromatic rings. The molecule has 3 rings (SSSR count). The first-order valence-corrected chi connectivity index (χ1v) is 8.11. The average Bonchev–Trinajstić information content (AvgIpc) is 2.57. The normalized spacial score (nSPS) is 16.7. The van der Waals surface area contributed by atoms with Crippen molar-refractivity contribution >= 4 is 17.3 Å². The van der Waals surface area contributed by atoms with E-state index in [0.29, 0.717) is 30.3 Å². The molecule has 1 atom stereocenters. The summed E-state index contributed by atoms with van der Waals surface area (Å²) < 4.78 is 11.6. The van der Waals surface area contributed by atoms with E-state index in [0.717, 1.165) is 5.75 Å². The van der Waals surface area contributed by atoms with E-state index in [1.165, 1.54) is 0 Å². The quantitative estimate of drug-likeness (QED) is 0.858. The van der Waals surface area contributed by atoms with E-state index in [4.69, 9.17) is 15.2 Å². The van der Waals surface area contributed by atoms with Crippen molar-refractivity contribution in [3.05, 3.63) is 48.5 Å². The Balaban J connectivity index is 1.79. The van der Waals surface area contributed by atoms with Crippen LogP contribution in [0.2, 0.25) is 0 Å². The Morgan fingerprint density at radius 3 is 2.67 bits per heavy atom. The largest absolute Gasteiger partial charge is 0.492 e. The van der Waals surface area contributed by atoms with Gasteiger partial charge in [0.05, 0.1) is 12.2 Å². The average molecular weight is 326 g/mol. The van der Waals surface area contributed by atoms with E-state index < -0.39 is 6.10 Å². The molecule has 2 N–H and O–H groups in total. The molecular formula is C19H22N2O3. The number of nitrogen functional groups attached to an aromatic ring is 1. The fraction of sp³-hybridized carbons (Fsp3) is 0.316. The van der Waals surface area contributed by atoms with E-state index in [9.17, 15) is 4.79 Å². The smallest absolute Gasteiger partial charge is 0.268 e. The number of nitrogens with zero attached hydrogens (tertiary/aromatic N) is 1. The molecule has 0 aromatic heterocycles. The number of hydrogen-bond acceptors (Lipinski definition) is 4. The number of anilines is 2. The van der Waals surface area contributed by atoms with Crippen molar-refractivity contribution in [3.63, 3.8) is 0 Å². The van der Waals surface area contributed by atoms with Gasteiger partial charge < -0.3 is 20.1 Å². The van der Waals surface area contributed by atoms with E-state index in [1.807, 2.05) is 50.2 Å². The molecule has 0 saturated heterocycles. The first-order chi connectivity index (χ1) is 11.6. The van der Waals surface area contributed by atoms with Gasteiger partial charge in [0.2, 0.25) is 0 Å². The maximum atomic E-state index is 12.8. The number of amides is 1. The molecule has 24 heavy (non-hydrogen) atoms. The summed E-state index contributed by atoms with van der Waals surface area (Å²) in [7, 11) is 0. The molecular weight excluding hydrogens is 304 g/mol. The molecule has 1 amide bonds. The van der Waals surface area contributed by atoms with Crippen molar-refractivity contribution in [2.24, 2.45) is 5.92 Å². The number of hydrogen-bond donors (Lipinski definition) is 1. The third-order valence-electron chi connectivity index (χ3n) is 3.97. The van der Waals surface area contributed by atoms with Crippen LogP contribution in [0.5, 0.6) is 11.5 Å². The molecule has 2 aromatic carbocycles. The van der Waals surface area contributed by atoms with Crippen LogP contribution in [0.3, 0.4) is 0 Å². The fourth-order valence-electron chi connectivity index (χ4n) is 2.73. The zero-order chi connectivity index (χ0) is 17.1. The monoisotopic (exact) mass is 326 g/mol. The third-order valence-corrected chi connectivity index (χ3v) is 3.97. The second-order valence-corrected chi connectivity index (χ2v) is 6.16. The Labute approximate surface area is 142 Å². The molecule has 126 valence electrons. The first kappa shape index (κ1) is 16.2.